The van der Waals surface area contributed by atoms with Crippen molar-refractivity contribution in [1.29, 1.82) is 0 Å². The van der Waals surface area contributed by atoms with Crippen LogP contribution >= 0.6 is 0 Å². The SMILES string of the molecule is c1ccc2c(c1)CC(CN(CC1CCCNC1)C1CC1)O2. The van der Waals surface area contributed by atoms with Gasteiger partial charge in [-0.15, -0.1) is 0 Å². The second-order valence-electron chi connectivity index (χ2n) is 6.95. The van der Waals surface area contributed by atoms with Crippen LogP contribution in [0, 0.1) is 5.92 Å². The zero-order valence-electron chi connectivity index (χ0n) is 12.8. The van der Waals surface area contributed by atoms with Gasteiger partial charge in [-0.25, -0.2) is 0 Å². The highest BCUT2D eigenvalue weighted by molar-refractivity contribution is 5.37. The lowest BCUT2D eigenvalue weighted by atomic mass is 9.98. The summed E-state index contributed by atoms with van der Waals surface area (Å²) in [6.07, 6.45) is 6.96. The minimum absolute atomic E-state index is 0.361. The fourth-order valence-electron chi connectivity index (χ4n) is 3.84. The summed E-state index contributed by atoms with van der Waals surface area (Å²) < 4.78 is 6.15. The van der Waals surface area contributed by atoms with E-state index in [-0.39, 0.29) is 0 Å². The lowest BCUT2D eigenvalue weighted by Crippen LogP contribution is -2.43. The number of piperidine rings is 1. The van der Waals surface area contributed by atoms with Gasteiger partial charge in [0, 0.05) is 25.6 Å². The third-order valence-corrected chi connectivity index (χ3v) is 5.11. The van der Waals surface area contributed by atoms with E-state index in [0.29, 0.717) is 6.10 Å². The summed E-state index contributed by atoms with van der Waals surface area (Å²) in [5.74, 6) is 1.95. The lowest BCUT2D eigenvalue weighted by Gasteiger charge is -2.31. The maximum atomic E-state index is 6.15. The van der Waals surface area contributed by atoms with Gasteiger partial charge >= 0.3 is 0 Å². The van der Waals surface area contributed by atoms with Crippen LogP contribution in [0.3, 0.4) is 0 Å². The Kier molecular flexibility index (Phi) is 3.87. The zero-order chi connectivity index (χ0) is 14.1. The molecule has 1 saturated heterocycles. The summed E-state index contributed by atoms with van der Waals surface area (Å²) in [6, 6.07) is 9.35. The molecule has 1 aromatic carbocycles. The molecule has 0 amide bonds. The molecule has 4 rings (SSSR count). The van der Waals surface area contributed by atoms with Crippen molar-refractivity contribution >= 4 is 0 Å². The van der Waals surface area contributed by atoms with Crippen molar-refractivity contribution in [2.75, 3.05) is 26.2 Å². The Hall–Kier alpha value is -1.06. The Balaban J connectivity index is 1.35. The summed E-state index contributed by atoms with van der Waals surface area (Å²) in [5.41, 5.74) is 1.39. The monoisotopic (exact) mass is 286 g/mol. The van der Waals surface area contributed by atoms with Gasteiger partial charge in [-0.05, 0) is 56.3 Å². The summed E-state index contributed by atoms with van der Waals surface area (Å²) in [6.45, 7) is 4.78. The van der Waals surface area contributed by atoms with Crippen molar-refractivity contribution < 1.29 is 4.74 Å². The first-order valence-electron chi connectivity index (χ1n) is 8.58. The quantitative estimate of drug-likeness (QED) is 0.900. The Morgan fingerprint density at radius 1 is 1.14 bits per heavy atom. The third kappa shape index (κ3) is 3.24. The van der Waals surface area contributed by atoms with E-state index in [4.69, 9.17) is 4.74 Å². The molecule has 2 atom stereocenters. The molecule has 1 saturated carbocycles. The Bertz CT molecular complexity index is 455. The van der Waals surface area contributed by atoms with E-state index in [1.54, 1.807) is 0 Å². The van der Waals surface area contributed by atoms with Gasteiger partial charge in [-0.2, -0.15) is 0 Å². The Morgan fingerprint density at radius 2 is 2.05 bits per heavy atom. The molecule has 2 aliphatic heterocycles. The standard InChI is InChI=1S/C18H26N2O/c1-2-6-18-15(5-1)10-17(21-18)13-20(16-7-8-16)12-14-4-3-9-19-11-14/h1-2,5-6,14,16-17,19H,3-4,7-13H2. The van der Waals surface area contributed by atoms with Crippen molar-refractivity contribution in [3.63, 3.8) is 0 Å². The molecule has 21 heavy (non-hydrogen) atoms. The number of nitrogens with one attached hydrogen (secondary N) is 1. The molecule has 0 aromatic heterocycles. The fourth-order valence-corrected chi connectivity index (χ4v) is 3.84. The van der Waals surface area contributed by atoms with Gasteiger partial charge in [-0.1, -0.05) is 18.2 Å². The first-order valence-corrected chi connectivity index (χ1v) is 8.58. The predicted molar refractivity (Wildman–Crippen MR) is 84.8 cm³/mol. The van der Waals surface area contributed by atoms with E-state index in [1.807, 2.05) is 0 Å². The summed E-state index contributed by atoms with van der Waals surface area (Å²) in [4.78, 5) is 2.72. The summed E-state index contributed by atoms with van der Waals surface area (Å²) in [5, 5.41) is 3.55. The molecule has 3 aliphatic rings. The summed E-state index contributed by atoms with van der Waals surface area (Å²) in [7, 11) is 0. The van der Waals surface area contributed by atoms with Crippen LogP contribution in [0.2, 0.25) is 0 Å². The average molecular weight is 286 g/mol. The van der Waals surface area contributed by atoms with Crippen LogP contribution in [0.1, 0.15) is 31.2 Å². The number of benzene rings is 1. The molecule has 3 nitrogen and oxygen atoms in total. The van der Waals surface area contributed by atoms with Gasteiger partial charge < -0.3 is 10.1 Å². The number of hydrogen-bond acceptors (Lipinski definition) is 3. The van der Waals surface area contributed by atoms with Crippen molar-refractivity contribution in [1.82, 2.24) is 10.2 Å². The molecule has 2 heterocycles. The molecular weight excluding hydrogens is 260 g/mol. The Labute approximate surface area is 127 Å². The van der Waals surface area contributed by atoms with E-state index in [2.05, 4.69) is 34.5 Å². The number of para-hydroxylation sites is 1. The van der Waals surface area contributed by atoms with Gasteiger partial charge in [0.2, 0.25) is 0 Å². The highest BCUT2D eigenvalue weighted by Gasteiger charge is 2.34. The molecule has 2 fully saturated rings. The van der Waals surface area contributed by atoms with Gasteiger partial charge in [-0.3, -0.25) is 4.90 Å². The molecule has 1 N–H and O–H groups in total. The molecule has 2 unspecified atom stereocenters. The zero-order valence-corrected chi connectivity index (χ0v) is 12.8. The first-order chi connectivity index (χ1) is 10.4. The largest absolute Gasteiger partial charge is 0.488 e. The van der Waals surface area contributed by atoms with Crippen LogP contribution in [0.15, 0.2) is 24.3 Å². The highest BCUT2D eigenvalue weighted by atomic mass is 16.5. The van der Waals surface area contributed by atoms with Crippen molar-refractivity contribution in [3.05, 3.63) is 29.8 Å². The molecule has 1 aromatic rings. The number of ether oxygens (including phenoxy) is 1. The van der Waals surface area contributed by atoms with Crippen LogP contribution in [0.25, 0.3) is 0 Å². The van der Waals surface area contributed by atoms with Crippen molar-refractivity contribution in [3.8, 4) is 5.75 Å². The number of fused-ring (bicyclic) bond motifs is 1. The van der Waals surface area contributed by atoms with Gasteiger partial charge in [0.25, 0.3) is 0 Å². The lowest BCUT2D eigenvalue weighted by molar-refractivity contribution is 0.124. The van der Waals surface area contributed by atoms with E-state index in [9.17, 15) is 0 Å². The van der Waals surface area contributed by atoms with E-state index in [1.165, 1.54) is 50.9 Å². The molecule has 0 radical (unpaired) electrons. The summed E-state index contributed by atoms with van der Waals surface area (Å²) >= 11 is 0. The van der Waals surface area contributed by atoms with Crippen LogP contribution in [-0.4, -0.2) is 43.2 Å². The van der Waals surface area contributed by atoms with E-state index < -0.39 is 0 Å². The molecule has 114 valence electrons. The van der Waals surface area contributed by atoms with Gasteiger partial charge in [0.05, 0.1) is 0 Å². The van der Waals surface area contributed by atoms with Gasteiger partial charge in [0.15, 0.2) is 0 Å². The molecule has 3 heteroatoms. The maximum Gasteiger partial charge on any atom is 0.123 e. The van der Waals surface area contributed by atoms with E-state index >= 15 is 0 Å². The second kappa shape index (κ2) is 5.98. The number of hydrogen-bond donors (Lipinski definition) is 1. The third-order valence-electron chi connectivity index (χ3n) is 5.11. The minimum atomic E-state index is 0.361. The predicted octanol–water partition coefficient (Wildman–Crippen LogP) is 2.45. The topological polar surface area (TPSA) is 24.5 Å². The Morgan fingerprint density at radius 3 is 2.81 bits per heavy atom. The molecule has 0 bridgehead atoms. The van der Waals surface area contributed by atoms with Crippen LogP contribution in [0.5, 0.6) is 5.75 Å². The van der Waals surface area contributed by atoms with Crippen LogP contribution < -0.4 is 10.1 Å². The average Bonchev–Trinajstić information content (AvgIpc) is 3.28. The molecule has 1 aliphatic carbocycles. The van der Waals surface area contributed by atoms with Gasteiger partial charge in [0.1, 0.15) is 11.9 Å². The van der Waals surface area contributed by atoms with Crippen LogP contribution in [0.4, 0.5) is 0 Å². The molecular formula is C18H26N2O. The smallest absolute Gasteiger partial charge is 0.123 e. The number of nitrogens with zero attached hydrogens (tertiary/aromatic N) is 1. The first kappa shape index (κ1) is 13.6. The van der Waals surface area contributed by atoms with Crippen molar-refractivity contribution in [2.24, 2.45) is 5.92 Å². The van der Waals surface area contributed by atoms with E-state index in [0.717, 1.165) is 30.7 Å². The van der Waals surface area contributed by atoms with Crippen molar-refractivity contribution in [2.45, 2.75) is 44.2 Å². The highest BCUT2D eigenvalue weighted by Crippen LogP contribution is 2.32. The number of rotatable bonds is 5. The van der Waals surface area contributed by atoms with Crippen LogP contribution in [-0.2, 0) is 6.42 Å². The maximum absolute atomic E-state index is 6.15. The fraction of sp³-hybridized carbons (Fsp3) is 0.667. The second-order valence-corrected chi connectivity index (χ2v) is 6.95. The normalized spacial score (nSPS) is 28.4. The molecule has 0 spiro atoms. The minimum Gasteiger partial charge on any atom is -0.488 e.